The van der Waals surface area contributed by atoms with Crippen LogP contribution in [0.3, 0.4) is 0 Å². The highest BCUT2D eigenvalue weighted by atomic mass is 16.5. The van der Waals surface area contributed by atoms with E-state index in [0.717, 1.165) is 43.9 Å². The normalized spacial score (nSPS) is 16.8. The molecule has 3 nitrogen and oxygen atoms in total. The maximum absolute atomic E-state index is 7.04. The van der Waals surface area contributed by atoms with Gasteiger partial charge < -0.3 is 9.30 Å². The van der Waals surface area contributed by atoms with Crippen LogP contribution in [0.2, 0.25) is 0 Å². The zero-order valence-corrected chi connectivity index (χ0v) is 10.3. The van der Waals surface area contributed by atoms with Crippen molar-refractivity contribution in [3.63, 3.8) is 0 Å². The van der Waals surface area contributed by atoms with E-state index in [1.165, 1.54) is 5.52 Å². The maximum atomic E-state index is 7.04. The molecular formula is C15H16N2O. The summed E-state index contributed by atoms with van der Waals surface area (Å²) in [7, 11) is 0. The van der Waals surface area contributed by atoms with Crippen LogP contribution in [0.25, 0.3) is 15.7 Å². The number of fused-ring (bicyclic) bond motifs is 1. The summed E-state index contributed by atoms with van der Waals surface area (Å²) in [6.07, 6.45) is 4.44. The first kappa shape index (κ1) is 11.3. The van der Waals surface area contributed by atoms with Gasteiger partial charge in [0.15, 0.2) is 5.69 Å². The molecule has 0 aliphatic carbocycles. The Morgan fingerprint density at radius 2 is 2.11 bits per heavy atom. The largest absolute Gasteiger partial charge is 0.381 e. The van der Waals surface area contributed by atoms with Crippen molar-refractivity contribution in [2.45, 2.75) is 19.4 Å². The summed E-state index contributed by atoms with van der Waals surface area (Å²) in [5, 5.41) is 1.16. The van der Waals surface area contributed by atoms with Gasteiger partial charge in [0.2, 0.25) is 0 Å². The van der Waals surface area contributed by atoms with Crippen molar-refractivity contribution >= 4 is 16.6 Å². The van der Waals surface area contributed by atoms with E-state index in [-0.39, 0.29) is 0 Å². The average molecular weight is 240 g/mol. The van der Waals surface area contributed by atoms with Gasteiger partial charge in [0, 0.05) is 31.5 Å². The summed E-state index contributed by atoms with van der Waals surface area (Å²) in [6.45, 7) is 9.88. The molecule has 0 radical (unpaired) electrons. The van der Waals surface area contributed by atoms with E-state index >= 15 is 0 Å². The van der Waals surface area contributed by atoms with Crippen molar-refractivity contribution in [3.8, 4) is 0 Å². The lowest BCUT2D eigenvalue weighted by molar-refractivity contribution is 0.0616. The molecule has 0 spiro atoms. The molecule has 18 heavy (non-hydrogen) atoms. The van der Waals surface area contributed by atoms with Gasteiger partial charge in [0.25, 0.3) is 0 Å². The molecule has 0 saturated carbocycles. The molecule has 1 aromatic carbocycles. The van der Waals surface area contributed by atoms with Crippen LogP contribution < -0.4 is 0 Å². The number of ether oxygens (including phenoxy) is 1. The lowest BCUT2D eigenvalue weighted by atomic mass is 10.0. The first-order valence-electron chi connectivity index (χ1n) is 6.41. The van der Waals surface area contributed by atoms with Gasteiger partial charge in [0.05, 0.1) is 6.57 Å². The van der Waals surface area contributed by atoms with Crippen LogP contribution in [0.5, 0.6) is 0 Å². The average Bonchev–Trinajstić information content (AvgIpc) is 2.82. The molecule has 0 unspecified atom stereocenters. The fourth-order valence-electron chi connectivity index (χ4n) is 2.62. The van der Waals surface area contributed by atoms with E-state index in [9.17, 15) is 0 Å². The minimum absolute atomic E-state index is 0.714. The van der Waals surface area contributed by atoms with E-state index in [2.05, 4.69) is 27.7 Å². The van der Waals surface area contributed by atoms with Crippen LogP contribution in [0.15, 0.2) is 30.5 Å². The van der Waals surface area contributed by atoms with Crippen LogP contribution in [0, 0.1) is 12.5 Å². The molecule has 2 heterocycles. The van der Waals surface area contributed by atoms with Gasteiger partial charge >= 0.3 is 0 Å². The molecule has 0 N–H and O–H groups in total. The predicted molar refractivity (Wildman–Crippen MR) is 71.7 cm³/mol. The Balaban J connectivity index is 1.86. The van der Waals surface area contributed by atoms with Gasteiger partial charge in [-0.2, -0.15) is 0 Å². The molecule has 0 amide bonds. The summed E-state index contributed by atoms with van der Waals surface area (Å²) >= 11 is 0. The van der Waals surface area contributed by atoms with Gasteiger partial charge in [-0.3, -0.25) is 0 Å². The molecule has 2 aromatic rings. The molecule has 1 aromatic heterocycles. The monoisotopic (exact) mass is 240 g/mol. The third-order valence-corrected chi connectivity index (χ3v) is 3.68. The highest BCUT2D eigenvalue weighted by Crippen LogP contribution is 2.25. The van der Waals surface area contributed by atoms with Crippen molar-refractivity contribution in [2.24, 2.45) is 5.92 Å². The molecule has 1 fully saturated rings. The lowest BCUT2D eigenvalue weighted by Crippen LogP contribution is -2.19. The number of nitrogens with zero attached hydrogens (tertiary/aromatic N) is 2. The van der Waals surface area contributed by atoms with Crippen molar-refractivity contribution in [1.82, 2.24) is 4.57 Å². The van der Waals surface area contributed by atoms with Crippen LogP contribution in [-0.2, 0) is 11.3 Å². The standard InChI is InChI=1S/C15H16N2O/c1-16-14-2-3-15-13(10-14)4-7-17(15)11-12-5-8-18-9-6-12/h2-4,7,10,12H,5-6,8-9,11H2. The second-order valence-electron chi connectivity index (χ2n) is 4.88. The van der Waals surface area contributed by atoms with E-state index < -0.39 is 0 Å². The molecule has 1 saturated heterocycles. The van der Waals surface area contributed by atoms with Crippen LogP contribution in [-0.4, -0.2) is 17.8 Å². The third kappa shape index (κ3) is 2.12. The fourth-order valence-corrected chi connectivity index (χ4v) is 2.62. The lowest BCUT2D eigenvalue weighted by Gasteiger charge is -2.22. The smallest absolute Gasteiger partial charge is 0.187 e. The molecule has 1 aliphatic rings. The van der Waals surface area contributed by atoms with Gasteiger partial charge in [-0.25, -0.2) is 4.85 Å². The van der Waals surface area contributed by atoms with E-state index in [0.29, 0.717) is 5.69 Å². The van der Waals surface area contributed by atoms with Crippen LogP contribution in [0.1, 0.15) is 12.8 Å². The van der Waals surface area contributed by atoms with E-state index in [1.807, 2.05) is 12.1 Å². The fraction of sp³-hybridized carbons (Fsp3) is 0.400. The van der Waals surface area contributed by atoms with Crippen molar-refractivity contribution in [3.05, 3.63) is 41.9 Å². The van der Waals surface area contributed by atoms with Crippen molar-refractivity contribution in [1.29, 1.82) is 0 Å². The number of hydrogen-bond donors (Lipinski definition) is 0. The van der Waals surface area contributed by atoms with Gasteiger partial charge in [-0.05, 0) is 42.3 Å². The van der Waals surface area contributed by atoms with Crippen LogP contribution in [0.4, 0.5) is 5.69 Å². The van der Waals surface area contributed by atoms with E-state index in [1.54, 1.807) is 0 Å². The van der Waals surface area contributed by atoms with Gasteiger partial charge in [-0.1, -0.05) is 6.07 Å². The molecule has 1 aliphatic heterocycles. The first-order valence-corrected chi connectivity index (χ1v) is 6.41. The summed E-state index contributed by atoms with van der Waals surface area (Å²) in [5.74, 6) is 0.717. The molecule has 0 bridgehead atoms. The first-order chi connectivity index (χ1) is 8.86. The van der Waals surface area contributed by atoms with Crippen molar-refractivity contribution in [2.75, 3.05) is 13.2 Å². The minimum Gasteiger partial charge on any atom is -0.381 e. The maximum Gasteiger partial charge on any atom is 0.187 e. The Hall–Kier alpha value is -1.79. The summed E-state index contributed by atoms with van der Waals surface area (Å²) in [4.78, 5) is 3.47. The second-order valence-corrected chi connectivity index (χ2v) is 4.88. The summed E-state index contributed by atoms with van der Waals surface area (Å²) < 4.78 is 7.70. The van der Waals surface area contributed by atoms with Gasteiger partial charge in [0.1, 0.15) is 0 Å². The predicted octanol–water partition coefficient (Wildman–Crippen LogP) is 3.62. The Morgan fingerprint density at radius 1 is 1.28 bits per heavy atom. The highest BCUT2D eigenvalue weighted by Gasteiger charge is 2.15. The number of hydrogen-bond acceptors (Lipinski definition) is 1. The minimum atomic E-state index is 0.714. The topological polar surface area (TPSA) is 18.5 Å². The summed E-state index contributed by atoms with van der Waals surface area (Å²) in [5.41, 5.74) is 1.94. The molecule has 0 atom stereocenters. The third-order valence-electron chi connectivity index (χ3n) is 3.68. The van der Waals surface area contributed by atoms with Gasteiger partial charge in [-0.15, -0.1) is 0 Å². The Bertz CT molecular complexity index is 588. The molecule has 3 heteroatoms. The quantitative estimate of drug-likeness (QED) is 0.733. The highest BCUT2D eigenvalue weighted by molar-refractivity contribution is 5.83. The number of aromatic nitrogens is 1. The van der Waals surface area contributed by atoms with Crippen molar-refractivity contribution < 1.29 is 4.74 Å². The summed E-state index contributed by atoms with van der Waals surface area (Å²) in [6, 6.07) is 8.02. The number of benzene rings is 1. The Morgan fingerprint density at radius 3 is 2.89 bits per heavy atom. The van der Waals surface area contributed by atoms with E-state index in [4.69, 9.17) is 11.3 Å². The molecule has 3 rings (SSSR count). The zero-order valence-electron chi connectivity index (χ0n) is 10.3. The number of rotatable bonds is 2. The zero-order chi connectivity index (χ0) is 12.4. The SMILES string of the molecule is [C-]#[N+]c1ccc2c(ccn2CC2CCOCC2)c1. The molecule has 92 valence electrons. The Labute approximate surface area is 107 Å². The Kier molecular flexibility index (Phi) is 3.04. The molecular weight excluding hydrogens is 224 g/mol. The van der Waals surface area contributed by atoms with Crippen LogP contribution >= 0.6 is 0 Å². The second kappa shape index (κ2) is 4.83.